The summed E-state index contributed by atoms with van der Waals surface area (Å²) in [5, 5.41) is 7.59. The first-order valence-electron chi connectivity index (χ1n) is 5.38. The van der Waals surface area contributed by atoms with Gasteiger partial charge in [0.2, 0.25) is 0 Å². The van der Waals surface area contributed by atoms with Crippen molar-refractivity contribution in [3.63, 3.8) is 0 Å². The summed E-state index contributed by atoms with van der Waals surface area (Å²) in [7, 11) is 0. The van der Waals surface area contributed by atoms with Crippen molar-refractivity contribution in [2.24, 2.45) is 0 Å². The zero-order valence-corrected chi connectivity index (χ0v) is 9.32. The smallest absolute Gasteiger partial charge is 0.140 e. The Balaban J connectivity index is 2.45. The molecule has 0 aliphatic heterocycles. The summed E-state index contributed by atoms with van der Waals surface area (Å²) >= 11 is 0. The summed E-state index contributed by atoms with van der Waals surface area (Å²) in [6.45, 7) is 8.27. The topological polar surface area (TPSA) is 42.7 Å². The summed E-state index contributed by atoms with van der Waals surface area (Å²) in [6, 6.07) is 0.543. The van der Waals surface area contributed by atoms with Crippen LogP contribution in [-0.2, 0) is 13.1 Å². The molecule has 0 fully saturated rings. The third-order valence-corrected chi connectivity index (χ3v) is 2.35. The van der Waals surface area contributed by atoms with Gasteiger partial charge in [-0.3, -0.25) is 0 Å². The molecule has 0 bridgehead atoms. The molecule has 4 nitrogen and oxygen atoms in total. The van der Waals surface area contributed by atoms with E-state index in [1.165, 1.54) is 0 Å². The van der Waals surface area contributed by atoms with Gasteiger partial charge in [0.25, 0.3) is 0 Å². The van der Waals surface area contributed by atoms with Crippen molar-refractivity contribution in [2.45, 2.75) is 52.7 Å². The highest BCUT2D eigenvalue weighted by molar-refractivity contribution is 4.84. The van der Waals surface area contributed by atoms with Crippen LogP contribution in [0.2, 0.25) is 0 Å². The highest BCUT2D eigenvalue weighted by Crippen LogP contribution is 1.97. The van der Waals surface area contributed by atoms with E-state index in [1.807, 2.05) is 4.68 Å². The third-order valence-electron chi connectivity index (χ3n) is 2.35. The molecular weight excluding hydrogens is 176 g/mol. The van der Waals surface area contributed by atoms with Crippen LogP contribution in [-0.4, -0.2) is 20.8 Å². The zero-order valence-electron chi connectivity index (χ0n) is 9.32. The Bertz CT molecular complexity index is 256. The van der Waals surface area contributed by atoms with Gasteiger partial charge < -0.3 is 5.32 Å². The quantitative estimate of drug-likeness (QED) is 0.751. The number of hydrogen-bond acceptors (Lipinski definition) is 3. The molecule has 0 aliphatic rings. The molecule has 14 heavy (non-hydrogen) atoms. The van der Waals surface area contributed by atoms with E-state index >= 15 is 0 Å². The summed E-state index contributed by atoms with van der Waals surface area (Å²) in [5.74, 6) is 1.03. The normalized spacial score (nSPS) is 13.1. The van der Waals surface area contributed by atoms with Crippen molar-refractivity contribution in [1.29, 1.82) is 0 Å². The summed E-state index contributed by atoms with van der Waals surface area (Å²) < 4.78 is 1.97. The van der Waals surface area contributed by atoms with E-state index in [0.717, 1.165) is 31.8 Å². The Kier molecular flexibility index (Phi) is 4.59. The van der Waals surface area contributed by atoms with E-state index in [0.29, 0.717) is 6.04 Å². The second kappa shape index (κ2) is 5.75. The molecule has 80 valence electrons. The maximum Gasteiger partial charge on any atom is 0.140 e. The monoisotopic (exact) mass is 196 g/mol. The summed E-state index contributed by atoms with van der Waals surface area (Å²) in [6.07, 6.45) is 3.87. The molecule has 1 atom stereocenters. The fraction of sp³-hybridized carbons (Fsp3) is 0.800. The molecule has 0 aromatic carbocycles. The molecular formula is C10H20N4. The fourth-order valence-corrected chi connectivity index (χ4v) is 1.23. The minimum atomic E-state index is 0.543. The lowest BCUT2D eigenvalue weighted by atomic mass is 10.2. The van der Waals surface area contributed by atoms with Crippen LogP contribution in [0.4, 0.5) is 0 Å². The maximum atomic E-state index is 4.23. The second-order valence-electron chi connectivity index (χ2n) is 3.59. The van der Waals surface area contributed by atoms with Crippen LogP contribution in [0.15, 0.2) is 6.33 Å². The number of aryl methyl sites for hydroxylation is 1. The predicted molar refractivity (Wildman–Crippen MR) is 56.9 cm³/mol. The molecule has 1 N–H and O–H groups in total. The molecule has 4 heteroatoms. The van der Waals surface area contributed by atoms with Gasteiger partial charge in [-0.1, -0.05) is 13.8 Å². The van der Waals surface area contributed by atoms with Gasteiger partial charge in [0.1, 0.15) is 12.2 Å². The Morgan fingerprint density at radius 2 is 2.29 bits per heavy atom. The predicted octanol–water partition coefficient (Wildman–Crippen LogP) is 1.58. The van der Waals surface area contributed by atoms with Crippen molar-refractivity contribution < 1.29 is 0 Å². The third kappa shape index (κ3) is 3.10. The van der Waals surface area contributed by atoms with Gasteiger partial charge in [-0.25, -0.2) is 9.67 Å². The van der Waals surface area contributed by atoms with Gasteiger partial charge in [-0.15, -0.1) is 0 Å². The number of nitrogens with one attached hydrogen (secondary N) is 1. The van der Waals surface area contributed by atoms with Gasteiger partial charge in [0.05, 0.1) is 6.54 Å². The minimum Gasteiger partial charge on any atom is -0.307 e. The Morgan fingerprint density at radius 1 is 1.50 bits per heavy atom. The molecule has 0 aliphatic carbocycles. The molecule has 1 rings (SSSR count). The van der Waals surface area contributed by atoms with Crippen LogP contribution in [0.5, 0.6) is 0 Å². The highest BCUT2D eigenvalue weighted by Gasteiger charge is 2.04. The van der Waals surface area contributed by atoms with E-state index in [9.17, 15) is 0 Å². The molecule has 0 spiro atoms. The Hall–Kier alpha value is -0.900. The molecule has 1 heterocycles. The number of nitrogens with zero attached hydrogens (tertiary/aromatic N) is 3. The van der Waals surface area contributed by atoms with Gasteiger partial charge in [-0.2, -0.15) is 5.10 Å². The van der Waals surface area contributed by atoms with Gasteiger partial charge in [0, 0.05) is 12.6 Å². The molecule has 1 unspecified atom stereocenters. The van der Waals surface area contributed by atoms with Crippen LogP contribution < -0.4 is 5.32 Å². The highest BCUT2D eigenvalue weighted by atomic mass is 15.3. The minimum absolute atomic E-state index is 0.543. The van der Waals surface area contributed by atoms with E-state index in [1.54, 1.807) is 6.33 Å². The van der Waals surface area contributed by atoms with Gasteiger partial charge >= 0.3 is 0 Å². The van der Waals surface area contributed by atoms with E-state index < -0.39 is 0 Å². The van der Waals surface area contributed by atoms with E-state index in [-0.39, 0.29) is 0 Å². The van der Waals surface area contributed by atoms with Crippen LogP contribution in [0, 0.1) is 0 Å². The van der Waals surface area contributed by atoms with Gasteiger partial charge in [0.15, 0.2) is 0 Å². The van der Waals surface area contributed by atoms with E-state index in [4.69, 9.17) is 0 Å². The first-order valence-corrected chi connectivity index (χ1v) is 5.38. The second-order valence-corrected chi connectivity index (χ2v) is 3.59. The average molecular weight is 196 g/mol. The lowest BCUT2D eigenvalue weighted by Crippen LogP contribution is -2.26. The molecule has 1 aromatic heterocycles. The van der Waals surface area contributed by atoms with Crippen molar-refractivity contribution in [1.82, 2.24) is 20.1 Å². The first kappa shape index (κ1) is 11.2. The van der Waals surface area contributed by atoms with Crippen molar-refractivity contribution in [3.05, 3.63) is 12.2 Å². The molecule has 0 saturated carbocycles. The van der Waals surface area contributed by atoms with Crippen LogP contribution >= 0.6 is 0 Å². The summed E-state index contributed by atoms with van der Waals surface area (Å²) in [5.41, 5.74) is 0. The zero-order chi connectivity index (χ0) is 10.4. The summed E-state index contributed by atoms with van der Waals surface area (Å²) in [4.78, 5) is 4.23. The number of aromatic nitrogens is 3. The van der Waals surface area contributed by atoms with Crippen molar-refractivity contribution in [3.8, 4) is 0 Å². The van der Waals surface area contributed by atoms with Gasteiger partial charge in [-0.05, 0) is 19.8 Å². The van der Waals surface area contributed by atoms with Crippen LogP contribution in [0.3, 0.4) is 0 Å². The number of rotatable bonds is 6. The lowest BCUT2D eigenvalue weighted by Gasteiger charge is -2.11. The Labute approximate surface area is 85.7 Å². The van der Waals surface area contributed by atoms with Crippen LogP contribution in [0.1, 0.15) is 39.4 Å². The standard InChI is InChI=1S/C10H20N4/c1-4-6-14-10(12-8-13-14)7-11-9(3)5-2/h8-9,11H,4-7H2,1-3H3. The Morgan fingerprint density at radius 3 is 2.93 bits per heavy atom. The maximum absolute atomic E-state index is 4.23. The fourth-order valence-electron chi connectivity index (χ4n) is 1.23. The van der Waals surface area contributed by atoms with E-state index in [2.05, 4.69) is 36.2 Å². The SMILES string of the molecule is CCCn1ncnc1CNC(C)CC. The average Bonchev–Trinajstić information content (AvgIpc) is 2.62. The van der Waals surface area contributed by atoms with Crippen LogP contribution in [0.25, 0.3) is 0 Å². The molecule has 1 aromatic rings. The first-order chi connectivity index (χ1) is 6.77. The number of hydrogen-bond donors (Lipinski definition) is 1. The lowest BCUT2D eigenvalue weighted by molar-refractivity contribution is 0.491. The molecule has 0 saturated heterocycles. The van der Waals surface area contributed by atoms with Crippen molar-refractivity contribution in [2.75, 3.05) is 0 Å². The molecule has 0 amide bonds. The largest absolute Gasteiger partial charge is 0.307 e. The van der Waals surface area contributed by atoms with Crippen molar-refractivity contribution >= 4 is 0 Å². The molecule has 0 radical (unpaired) electrons.